The molecule has 7 heteroatoms. The summed E-state index contributed by atoms with van der Waals surface area (Å²) in [7, 11) is 1.37. The number of benzene rings is 1. The van der Waals surface area contributed by atoms with Crippen LogP contribution >= 0.6 is 0 Å². The molecule has 1 atom stereocenters. The molecule has 25 heavy (non-hydrogen) atoms. The lowest BCUT2D eigenvalue weighted by atomic mass is 10.1. The van der Waals surface area contributed by atoms with Crippen LogP contribution in [0.1, 0.15) is 29.6 Å². The van der Waals surface area contributed by atoms with Crippen LogP contribution in [-0.4, -0.2) is 48.1 Å². The minimum atomic E-state index is -0.349. The highest BCUT2D eigenvalue weighted by Gasteiger charge is 2.24. The van der Waals surface area contributed by atoms with Crippen LogP contribution in [-0.2, 0) is 4.74 Å². The lowest BCUT2D eigenvalue weighted by Gasteiger charge is -2.24. The molecule has 1 aromatic heterocycles. The maximum atomic E-state index is 12.5. The number of ether oxygens (including phenoxy) is 1. The predicted octanol–water partition coefficient (Wildman–Crippen LogP) is 2.69. The molecule has 3 rings (SSSR count). The van der Waals surface area contributed by atoms with Gasteiger partial charge in [0, 0.05) is 30.3 Å². The summed E-state index contributed by atoms with van der Waals surface area (Å²) in [6.07, 6.45) is 5.36. The number of nitrogens with one attached hydrogen (secondary N) is 1. The third-order valence-corrected chi connectivity index (χ3v) is 4.30. The highest BCUT2D eigenvalue weighted by molar-refractivity contribution is 5.94. The standard InChI is InChI=1S/C18H21N3O4/c1-24-18(23)21-9-3-2-4-15(11-21)20-17(22)14-7-5-13(6-8-14)16-10-19-12-25-16/h5-8,10,12,15H,2-4,9,11H2,1H3,(H,20,22)/t15-/m0/s1. The van der Waals surface area contributed by atoms with E-state index in [2.05, 4.69) is 10.3 Å². The molecule has 1 aliphatic rings. The molecule has 1 aliphatic heterocycles. The van der Waals surface area contributed by atoms with Crippen molar-refractivity contribution in [1.82, 2.24) is 15.2 Å². The number of hydrogen-bond acceptors (Lipinski definition) is 5. The molecule has 132 valence electrons. The molecule has 7 nitrogen and oxygen atoms in total. The number of hydrogen-bond donors (Lipinski definition) is 1. The Morgan fingerprint density at radius 3 is 2.76 bits per heavy atom. The van der Waals surface area contributed by atoms with Crippen molar-refractivity contribution in [3.05, 3.63) is 42.4 Å². The van der Waals surface area contributed by atoms with E-state index in [-0.39, 0.29) is 18.0 Å². The second-order valence-corrected chi connectivity index (χ2v) is 6.03. The third kappa shape index (κ3) is 4.17. The van der Waals surface area contributed by atoms with Gasteiger partial charge in [-0.05, 0) is 31.4 Å². The second kappa shape index (κ2) is 7.83. The Balaban J connectivity index is 1.63. The highest BCUT2D eigenvalue weighted by atomic mass is 16.5. The van der Waals surface area contributed by atoms with Crippen LogP contribution in [0.3, 0.4) is 0 Å². The van der Waals surface area contributed by atoms with Crippen molar-refractivity contribution < 1.29 is 18.7 Å². The van der Waals surface area contributed by atoms with Crippen molar-refractivity contribution in [3.8, 4) is 11.3 Å². The maximum absolute atomic E-state index is 12.5. The first-order valence-electron chi connectivity index (χ1n) is 8.30. The fourth-order valence-electron chi connectivity index (χ4n) is 2.97. The van der Waals surface area contributed by atoms with Crippen LogP contribution in [0.5, 0.6) is 0 Å². The molecule has 1 saturated heterocycles. The summed E-state index contributed by atoms with van der Waals surface area (Å²) >= 11 is 0. The lowest BCUT2D eigenvalue weighted by molar-refractivity contribution is 0.0913. The molecule has 2 heterocycles. The number of aromatic nitrogens is 1. The topological polar surface area (TPSA) is 84.7 Å². The summed E-state index contributed by atoms with van der Waals surface area (Å²) in [4.78, 5) is 29.8. The first-order valence-corrected chi connectivity index (χ1v) is 8.30. The average molecular weight is 343 g/mol. The van der Waals surface area contributed by atoms with Crippen LogP contribution in [0.15, 0.2) is 41.3 Å². The molecule has 1 N–H and O–H groups in total. The Morgan fingerprint density at radius 2 is 2.08 bits per heavy atom. The number of methoxy groups -OCH3 is 1. The fraction of sp³-hybridized carbons (Fsp3) is 0.389. The van der Waals surface area contributed by atoms with Gasteiger partial charge in [0.2, 0.25) is 0 Å². The molecule has 1 fully saturated rings. The van der Waals surface area contributed by atoms with Gasteiger partial charge < -0.3 is 19.4 Å². The Bertz CT molecular complexity index is 712. The molecular formula is C18H21N3O4. The van der Waals surface area contributed by atoms with E-state index in [1.54, 1.807) is 23.2 Å². The van der Waals surface area contributed by atoms with Gasteiger partial charge in [-0.2, -0.15) is 0 Å². The number of carbonyl (C=O) groups is 2. The van der Waals surface area contributed by atoms with Gasteiger partial charge in [0.05, 0.1) is 13.3 Å². The minimum Gasteiger partial charge on any atom is -0.453 e. The van der Waals surface area contributed by atoms with Crippen molar-refractivity contribution in [3.63, 3.8) is 0 Å². The Kier molecular flexibility index (Phi) is 5.33. The van der Waals surface area contributed by atoms with Gasteiger partial charge in [-0.15, -0.1) is 0 Å². The van der Waals surface area contributed by atoms with Crippen LogP contribution < -0.4 is 5.32 Å². The SMILES string of the molecule is COC(=O)N1CCCC[C@H](NC(=O)c2ccc(-c3cnco3)cc2)C1. The molecule has 0 unspecified atom stereocenters. The number of amides is 2. The third-order valence-electron chi connectivity index (χ3n) is 4.30. The summed E-state index contributed by atoms with van der Waals surface area (Å²) in [5.41, 5.74) is 1.43. The van der Waals surface area contributed by atoms with Crippen molar-refractivity contribution in [2.45, 2.75) is 25.3 Å². The molecule has 0 bridgehead atoms. The second-order valence-electron chi connectivity index (χ2n) is 6.03. The summed E-state index contributed by atoms with van der Waals surface area (Å²) in [6.45, 7) is 1.12. The first-order chi connectivity index (χ1) is 12.2. The van der Waals surface area contributed by atoms with Crippen LogP contribution in [0.4, 0.5) is 4.79 Å². The van der Waals surface area contributed by atoms with Gasteiger partial charge in [-0.25, -0.2) is 9.78 Å². The maximum Gasteiger partial charge on any atom is 0.409 e. The Morgan fingerprint density at radius 1 is 1.28 bits per heavy atom. The molecule has 1 aromatic carbocycles. The molecule has 0 saturated carbocycles. The van der Waals surface area contributed by atoms with Crippen molar-refractivity contribution in [1.29, 1.82) is 0 Å². The predicted molar refractivity (Wildman–Crippen MR) is 91.0 cm³/mol. The van der Waals surface area contributed by atoms with Crippen LogP contribution in [0.25, 0.3) is 11.3 Å². The van der Waals surface area contributed by atoms with Crippen LogP contribution in [0, 0.1) is 0 Å². The quantitative estimate of drug-likeness (QED) is 0.926. The zero-order chi connectivity index (χ0) is 17.6. The van der Waals surface area contributed by atoms with Gasteiger partial charge in [0.25, 0.3) is 5.91 Å². The number of oxazole rings is 1. The average Bonchev–Trinajstić information content (AvgIpc) is 3.08. The molecule has 2 aromatic rings. The van der Waals surface area contributed by atoms with Crippen LogP contribution in [0.2, 0.25) is 0 Å². The number of nitrogens with zero attached hydrogens (tertiary/aromatic N) is 2. The van der Waals surface area contributed by atoms with Crippen molar-refractivity contribution in [2.75, 3.05) is 20.2 Å². The van der Waals surface area contributed by atoms with E-state index in [0.717, 1.165) is 24.8 Å². The van der Waals surface area contributed by atoms with E-state index < -0.39 is 0 Å². The molecule has 0 aliphatic carbocycles. The Labute approximate surface area is 146 Å². The fourth-order valence-corrected chi connectivity index (χ4v) is 2.97. The lowest BCUT2D eigenvalue weighted by Crippen LogP contribution is -2.44. The smallest absolute Gasteiger partial charge is 0.409 e. The molecule has 0 spiro atoms. The molecule has 0 radical (unpaired) electrons. The van der Waals surface area contributed by atoms with Crippen molar-refractivity contribution in [2.24, 2.45) is 0 Å². The summed E-state index contributed by atoms with van der Waals surface area (Å²) in [5, 5.41) is 3.01. The van der Waals surface area contributed by atoms with Gasteiger partial charge in [-0.1, -0.05) is 12.1 Å². The van der Waals surface area contributed by atoms with E-state index in [4.69, 9.17) is 9.15 Å². The van der Waals surface area contributed by atoms with Gasteiger partial charge in [0.1, 0.15) is 0 Å². The first kappa shape index (κ1) is 17.0. The normalized spacial score (nSPS) is 17.6. The molecular weight excluding hydrogens is 322 g/mol. The van der Waals surface area contributed by atoms with E-state index in [0.29, 0.717) is 24.4 Å². The van der Waals surface area contributed by atoms with E-state index in [1.165, 1.54) is 13.5 Å². The number of rotatable bonds is 3. The van der Waals surface area contributed by atoms with E-state index in [1.807, 2.05) is 12.1 Å². The summed E-state index contributed by atoms with van der Waals surface area (Å²) < 4.78 is 10.0. The zero-order valence-corrected chi connectivity index (χ0v) is 14.1. The summed E-state index contributed by atoms with van der Waals surface area (Å²) in [6, 6.07) is 7.07. The van der Waals surface area contributed by atoms with E-state index in [9.17, 15) is 9.59 Å². The monoisotopic (exact) mass is 343 g/mol. The van der Waals surface area contributed by atoms with E-state index >= 15 is 0 Å². The van der Waals surface area contributed by atoms with Crippen molar-refractivity contribution >= 4 is 12.0 Å². The Hall–Kier alpha value is -2.83. The molecule has 2 amide bonds. The number of carbonyl (C=O) groups excluding carboxylic acids is 2. The van der Waals surface area contributed by atoms with Gasteiger partial charge >= 0.3 is 6.09 Å². The number of likely N-dealkylation sites (tertiary alicyclic amines) is 1. The highest BCUT2D eigenvalue weighted by Crippen LogP contribution is 2.19. The summed E-state index contributed by atoms with van der Waals surface area (Å²) in [5.74, 6) is 0.505. The minimum absolute atomic E-state index is 0.0805. The zero-order valence-electron chi connectivity index (χ0n) is 14.1. The van der Waals surface area contributed by atoms with Gasteiger partial charge in [-0.3, -0.25) is 4.79 Å². The van der Waals surface area contributed by atoms with Gasteiger partial charge in [0.15, 0.2) is 12.2 Å². The largest absolute Gasteiger partial charge is 0.453 e.